The Balaban J connectivity index is 2.55. The molecule has 1 N–H and O–H groups in total. The largest absolute Gasteiger partial charge is 0.270 e. The topological polar surface area (TPSA) is 21.3 Å². The lowest BCUT2D eigenvalue weighted by Gasteiger charge is -2.19. The number of benzene rings is 1. The van der Waals surface area contributed by atoms with Crippen LogP contribution in [0.2, 0.25) is 0 Å². The van der Waals surface area contributed by atoms with E-state index in [1.54, 1.807) is 12.1 Å². The summed E-state index contributed by atoms with van der Waals surface area (Å²) < 4.78 is 12.7. The molecule has 0 aromatic heterocycles. The molecule has 0 bridgehead atoms. The normalized spacial score (nSPS) is 11.4. The van der Waals surface area contributed by atoms with E-state index in [-0.39, 0.29) is 11.4 Å². The van der Waals surface area contributed by atoms with E-state index in [0.717, 1.165) is 0 Å². The Labute approximate surface area is 77.7 Å². The average molecular weight is 183 g/mol. The molecule has 0 heterocycles. The Morgan fingerprint density at radius 1 is 1.31 bits per heavy atom. The third-order valence-corrected chi connectivity index (χ3v) is 1.30. The molecule has 3 heteroatoms. The lowest BCUT2D eigenvalue weighted by atomic mass is 10.2. The lowest BCUT2D eigenvalue weighted by molar-refractivity contribution is 0.0374. The number of rotatable bonds is 2. The summed E-state index contributed by atoms with van der Waals surface area (Å²) in [4.78, 5) is 5.25. The second kappa shape index (κ2) is 3.75. The molecule has 13 heavy (non-hydrogen) atoms. The smallest absolute Gasteiger partial charge is 0.125 e. The van der Waals surface area contributed by atoms with Crippen molar-refractivity contribution >= 4 is 5.69 Å². The Morgan fingerprint density at radius 2 is 2.00 bits per heavy atom. The maximum atomic E-state index is 12.7. The number of hydrogen-bond donors (Lipinski definition) is 1. The summed E-state index contributed by atoms with van der Waals surface area (Å²) in [5.41, 5.74) is 3.02. The van der Waals surface area contributed by atoms with Crippen LogP contribution < -0.4 is 5.48 Å². The van der Waals surface area contributed by atoms with Gasteiger partial charge in [-0.05, 0) is 39.0 Å². The van der Waals surface area contributed by atoms with Gasteiger partial charge in [-0.2, -0.15) is 0 Å². The average Bonchev–Trinajstić information content (AvgIpc) is 2.00. The first-order valence-electron chi connectivity index (χ1n) is 4.17. The predicted molar refractivity (Wildman–Crippen MR) is 50.9 cm³/mol. The van der Waals surface area contributed by atoms with Crippen molar-refractivity contribution in [2.45, 2.75) is 26.4 Å². The second-order valence-corrected chi connectivity index (χ2v) is 3.83. The van der Waals surface area contributed by atoms with Gasteiger partial charge in [-0.3, -0.25) is 10.3 Å². The van der Waals surface area contributed by atoms with Crippen LogP contribution in [0.25, 0.3) is 0 Å². The summed E-state index contributed by atoms with van der Waals surface area (Å²) in [6.07, 6.45) is 0. The van der Waals surface area contributed by atoms with Crippen LogP contribution in [0.15, 0.2) is 24.3 Å². The van der Waals surface area contributed by atoms with Crippen molar-refractivity contribution in [3.8, 4) is 0 Å². The molecular formula is C10H14FNO. The van der Waals surface area contributed by atoms with Crippen molar-refractivity contribution < 1.29 is 9.23 Å². The van der Waals surface area contributed by atoms with E-state index in [0.29, 0.717) is 5.69 Å². The highest BCUT2D eigenvalue weighted by molar-refractivity contribution is 5.40. The standard InChI is InChI=1S/C10H14FNO/c1-10(2,3)13-12-9-6-4-5-8(11)7-9/h4-7,12H,1-3H3. The van der Waals surface area contributed by atoms with E-state index in [9.17, 15) is 4.39 Å². The van der Waals surface area contributed by atoms with Gasteiger partial charge >= 0.3 is 0 Å². The summed E-state index contributed by atoms with van der Waals surface area (Å²) in [6.45, 7) is 5.75. The summed E-state index contributed by atoms with van der Waals surface area (Å²) in [6, 6.07) is 6.15. The first kappa shape index (κ1) is 9.99. The number of halogens is 1. The van der Waals surface area contributed by atoms with Crippen molar-refractivity contribution in [2.75, 3.05) is 5.48 Å². The van der Waals surface area contributed by atoms with Crippen LogP contribution in [0.1, 0.15) is 20.8 Å². The second-order valence-electron chi connectivity index (χ2n) is 3.83. The summed E-state index contributed by atoms with van der Waals surface area (Å²) in [5, 5.41) is 0. The Morgan fingerprint density at radius 3 is 2.54 bits per heavy atom. The van der Waals surface area contributed by atoms with Crippen molar-refractivity contribution in [1.29, 1.82) is 0 Å². The van der Waals surface area contributed by atoms with E-state index < -0.39 is 0 Å². The molecule has 1 aromatic carbocycles. The molecule has 0 amide bonds. The molecular weight excluding hydrogens is 169 g/mol. The molecule has 2 nitrogen and oxygen atoms in total. The summed E-state index contributed by atoms with van der Waals surface area (Å²) in [5.74, 6) is -0.275. The molecule has 1 aromatic rings. The van der Waals surface area contributed by atoms with Crippen molar-refractivity contribution in [3.05, 3.63) is 30.1 Å². The minimum absolute atomic E-state index is 0.275. The minimum atomic E-state index is -0.285. The van der Waals surface area contributed by atoms with E-state index >= 15 is 0 Å². The van der Waals surface area contributed by atoms with Crippen LogP contribution in [0.4, 0.5) is 10.1 Å². The molecule has 0 saturated heterocycles. The number of hydrogen-bond acceptors (Lipinski definition) is 2. The fraction of sp³-hybridized carbons (Fsp3) is 0.400. The molecule has 0 saturated carbocycles. The SMILES string of the molecule is CC(C)(C)ONc1cccc(F)c1. The van der Waals surface area contributed by atoms with E-state index in [4.69, 9.17) is 4.84 Å². The fourth-order valence-electron chi connectivity index (χ4n) is 0.764. The van der Waals surface area contributed by atoms with Gasteiger partial charge in [0.25, 0.3) is 0 Å². The fourth-order valence-corrected chi connectivity index (χ4v) is 0.764. The van der Waals surface area contributed by atoms with Crippen molar-refractivity contribution in [3.63, 3.8) is 0 Å². The van der Waals surface area contributed by atoms with Crippen molar-refractivity contribution in [1.82, 2.24) is 0 Å². The van der Waals surface area contributed by atoms with Gasteiger partial charge in [0.15, 0.2) is 0 Å². The lowest BCUT2D eigenvalue weighted by Crippen LogP contribution is -2.22. The van der Waals surface area contributed by atoms with Crippen LogP contribution >= 0.6 is 0 Å². The number of nitrogens with one attached hydrogen (secondary N) is 1. The van der Waals surface area contributed by atoms with Gasteiger partial charge < -0.3 is 0 Å². The van der Waals surface area contributed by atoms with Crippen molar-refractivity contribution in [2.24, 2.45) is 0 Å². The molecule has 0 unspecified atom stereocenters. The highest BCUT2D eigenvalue weighted by atomic mass is 19.1. The van der Waals surface area contributed by atoms with Crippen LogP contribution in [-0.2, 0) is 4.84 Å². The molecule has 0 atom stereocenters. The van der Waals surface area contributed by atoms with Gasteiger partial charge in [0, 0.05) is 0 Å². The maximum absolute atomic E-state index is 12.7. The zero-order valence-electron chi connectivity index (χ0n) is 8.10. The van der Waals surface area contributed by atoms with Gasteiger partial charge in [-0.1, -0.05) is 6.07 Å². The van der Waals surface area contributed by atoms with Gasteiger partial charge in [0.2, 0.25) is 0 Å². The van der Waals surface area contributed by atoms with Crippen LogP contribution in [0.3, 0.4) is 0 Å². The van der Waals surface area contributed by atoms with Gasteiger partial charge in [-0.25, -0.2) is 4.39 Å². The molecule has 0 spiro atoms. The van der Waals surface area contributed by atoms with Crippen LogP contribution in [0, 0.1) is 5.82 Å². The van der Waals surface area contributed by atoms with E-state index in [2.05, 4.69) is 5.48 Å². The van der Waals surface area contributed by atoms with Gasteiger partial charge in [-0.15, -0.1) is 0 Å². The molecule has 0 aliphatic heterocycles. The molecule has 0 radical (unpaired) electrons. The molecule has 1 rings (SSSR count). The number of anilines is 1. The first-order chi connectivity index (χ1) is 5.97. The first-order valence-corrected chi connectivity index (χ1v) is 4.17. The zero-order chi connectivity index (χ0) is 9.90. The van der Waals surface area contributed by atoms with E-state index in [1.807, 2.05) is 20.8 Å². The molecule has 0 fully saturated rings. The maximum Gasteiger partial charge on any atom is 0.125 e. The van der Waals surface area contributed by atoms with Gasteiger partial charge in [0.1, 0.15) is 5.82 Å². The Hall–Kier alpha value is -1.09. The predicted octanol–water partition coefficient (Wildman–Crippen LogP) is 2.97. The zero-order valence-corrected chi connectivity index (χ0v) is 8.10. The summed E-state index contributed by atoms with van der Waals surface area (Å²) >= 11 is 0. The van der Waals surface area contributed by atoms with Gasteiger partial charge in [0.05, 0.1) is 11.3 Å². The van der Waals surface area contributed by atoms with Crippen LogP contribution in [0.5, 0.6) is 0 Å². The molecule has 0 aliphatic rings. The highest BCUT2D eigenvalue weighted by Crippen LogP contribution is 2.13. The Kier molecular flexibility index (Phi) is 2.88. The van der Waals surface area contributed by atoms with E-state index in [1.165, 1.54) is 12.1 Å². The quantitative estimate of drug-likeness (QED) is 0.712. The monoisotopic (exact) mass is 183 g/mol. The summed E-state index contributed by atoms with van der Waals surface area (Å²) in [7, 11) is 0. The van der Waals surface area contributed by atoms with Crippen LogP contribution in [-0.4, -0.2) is 5.60 Å². The third-order valence-electron chi connectivity index (χ3n) is 1.30. The minimum Gasteiger partial charge on any atom is -0.270 e. The Bertz CT molecular complexity index is 280. The highest BCUT2D eigenvalue weighted by Gasteiger charge is 2.10. The third kappa shape index (κ3) is 3.90. The molecule has 0 aliphatic carbocycles. The molecule has 72 valence electrons.